The van der Waals surface area contributed by atoms with Crippen molar-refractivity contribution in [3.63, 3.8) is 0 Å². The van der Waals surface area contributed by atoms with Crippen LogP contribution in [0, 0.1) is 0 Å². The van der Waals surface area contributed by atoms with Crippen LogP contribution in [0.3, 0.4) is 0 Å². The number of nitrogens with two attached hydrogens (primary N) is 1. The topological polar surface area (TPSA) is 147 Å². The molecule has 1 heterocycles. The highest BCUT2D eigenvalue weighted by atomic mass is 16.1. The molecule has 1 atom stereocenters. The van der Waals surface area contributed by atoms with Crippen LogP contribution in [-0.2, 0) is 4.79 Å². The number of carbonyl (C=O) groups excluding carboxylic acids is 1. The van der Waals surface area contributed by atoms with Crippen LogP contribution in [-0.4, -0.2) is 33.6 Å². The van der Waals surface area contributed by atoms with E-state index in [-0.39, 0.29) is 29.3 Å². The highest BCUT2D eigenvalue weighted by Crippen LogP contribution is 2.21. The van der Waals surface area contributed by atoms with Crippen LogP contribution in [0.4, 0.5) is 5.69 Å². The van der Waals surface area contributed by atoms with Crippen molar-refractivity contribution in [2.45, 2.75) is 5.92 Å². The number of benzene rings is 2. The van der Waals surface area contributed by atoms with Gasteiger partial charge in [0.1, 0.15) is 0 Å². The van der Waals surface area contributed by atoms with E-state index in [2.05, 4.69) is 15.5 Å². The summed E-state index contributed by atoms with van der Waals surface area (Å²) in [6.45, 7) is 0.267. The zero-order chi connectivity index (χ0) is 16.1. The van der Waals surface area contributed by atoms with Gasteiger partial charge in [0.2, 0.25) is 5.91 Å². The van der Waals surface area contributed by atoms with E-state index in [9.17, 15) is 4.79 Å². The molecule has 0 spiro atoms. The van der Waals surface area contributed by atoms with Gasteiger partial charge < -0.3 is 22.0 Å². The molecule has 3 aromatic rings. The molecule has 1 amide bonds. The number of hydrogen-bond donors (Lipinski definition) is 3. The lowest BCUT2D eigenvalue weighted by Gasteiger charge is -2.15. The summed E-state index contributed by atoms with van der Waals surface area (Å²) in [5, 5.41) is 9.63. The van der Waals surface area contributed by atoms with Crippen molar-refractivity contribution in [1.82, 2.24) is 10.2 Å². The van der Waals surface area contributed by atoms with Gasteiger partial charge in [0.15, 0.2) is 0 Å². The third-order valence-electron chi connectivity index (χ3n) is 3.74. The van der Waals surface area contributed by atoms with Gasteiger partial charge in [0.25, 0.3) is 0 Å². The van der Waals surface area contributed by atoms with Crippen LogP contribution in [0.1, 0.15) is 11.5 Å². The molecule has 0 fully saturated rings. The van der Waals surface area contributed by atoms with Crippen molar-refractivity contribution in [1.29, 1.82) is 0 Å². The minimum atomic E-state index is -0.357. The Morgan fingerprint density at radius 3 is 2.28 bits per heavy atom. The summed E-state index contributed by atoms with van der Waals surface area (Å²) in [5.74, 6) is -0.459. The fourth-order valence-electron chi connectivity index (χ4n) is 2.46. The number of H-pyrrole nitrogens is 1. The smallest absolute Gasteiger partial charge is 0.233 e. The molecule has 0 radical (unpaired) electrons. The Labute approximate surface area is 145 Å². The molecular formula is C18H22N4O3. The van der Waals surface area contributed by atoms with Crippen molar-refractivity contribution >= 4 is 11.6 Å². The van der Waals surface area contributed by atoms with E-state index in [4.69, 9.17) is 5.73 Å². The normalized spacial score (nSPS) is 10.9. The van der Waals surface area contributed by atoms with Crippen LogP contribution in [0.15, 0.2) is 67.0 Å². The van der Waals surface area contributed by atoms with Crippen LogP contribution in [0.25, 0.3) is 11.1 Å². The Bertz CT molecular complexity index is 759. The van der Waals surface area contributed by atoms with E-state index in [0.717, 1.165) is 22.4 Å². The standard InChI is InChI=1S/C18H18N4O.2H2O/c19-10-17(14-4-2-1-3-5-14)18(23)22-16-8-6-13(7-9-16)15-11-20-21-12-15;;/h1-9,11-12,17H,10,19H2,(H,20,21)(H,22,23);2*1H2. The Morgan fingerprint density at radius 2 is 1.72 bits per heavy atom. The van der Waals surface area contributed by atoms with Gasteiger partial charge in [-0.3, -0.25) is 9.89 Å². The van der Waals surface area contributed by atoms with Gasteiger partial charge in [0, 0.05) is 24.0 Å². The first-order chi connectivity index (χ1) is 11.3. The number of aromatic nitrogens is 2. The Hall–Kier alpha value is -3.00. The number of anilines is 1. The molecule has 3 rings (SSSR count). The third-order valence-corrected chi connectivity index (χ3v) is 3.74. The minimum absolute atomic E-state index is 0. The van der Waals surface area contributed by atoms with Crippen molar-refractivity contribution in [2.24, 2.45) is 5.73 Å². The lowest BCUT2D eigenvalue weighted by Crippen LogP contribution is -2.27. The predicted molar refractivity (Wildman–Crippen MR) is 98.1 cm³/mol. The minimum Gasteiger partial charge on any atom is -0.412 e. The van der Waals surface area contributed by atoms with Crippen LogP contribution in [0.2, 0.25) is 0 Å². The monoisotopic (exact) mass is 342 g/mol. The molecule has 132 valence electrons. The summed E-state index contributed by atoms with van der Waals surface area (Å²) in [5.41, 5.74) is 9.49. The summed E-state index contributed by atoms with van der Waals surface area (Å²) >= 11 is 0. The van der Waals surface area contributed by atoms with E-state index in [1.165, 1.54) is 0 Å². The molecule has 0 aliphatic rings. The maximum atomic E-state index is 12.5. The van der Waals surface area contributed by atoms with Gasteiger partial charge in [-0.25, -0.2) is 0 Å². The second kappa shape index (κ2) is 9.33. The first kappa shape index (κ1) is 20.0. The molecule has 1 aromatic heterocycles. The van der Waals surface area contributed by atoms with Crippen LogP contribution < -0.4 is 11.1 Å². The average Bonchev–Trinajstić information content (AvgIpc) is 3.12. The molecule has 0 aliphatic carbocycles. The molecule has 25 heavy (non-hydrogen) atoms. The third kappa shape index (κ3) is 4.74. The van der Waals surface area contributed by atoms with E-state index in [1.807, 2.05) is 60.8 Å². The fourth-order valence-corrected chi connectivity index (χ4v) is 2.46. The second-order valence-corrected chi connectivity index (χ2v) is 5.25. The maximum absolute atomic E-state index is 12.5. The second-order valence-electron chi connectivity index (χ2n) is 5.25. The quantitative estimate of drug-likeness (QED) is 0.638. The Morgan fingerprint density at radius 1 is 1.04 bits per heavy atom. The molecule has 2 aromatic carbocycles. The molecule has 1 unspecified atom stereocenters. The summed E-state index contributed by atoms with van der Waals surface area (Å²) in [4.78, 5) is 12.5. The average molecular weight is 342 g/mol. The van der Waals surface area contributed by atoms with Gasteiger partial charge in [-0.2, -0.15) is 5.10 Å². The Kier molecular flexibility index (Phi) is 7.48. The number of nitrogens with one attached hydrogen (secondary N) is 2. The lowest BCUT2D eigenvalue weighted by molar-refractivity contribution is -0.117. The van der Waals surface area contributed by atoms with Crippen LogP contribution >= 0.6 is 0 Å². The van der Waals surface area contributed by atoms with E-state index in [1.54, 1.807) is 6.20 Å². The van der Waals surface area contributed by atoms with Crippen molar-refractivity contribution in [3.8, 4) is 11.1 Å². The number of rotatable bonds is 5. The first-order valence-corrected chi connectivity index (χ1v) is 7.43. The van der Waals surface area contributed by atoms with Crippen molar-refractivity contribution < 1.29 is 15.7 Å². The van der Waals surface area contributed by atoms with Crippen molar-refractivity contribution in [2.75, 3.05) is 11.9 Å². The number of nitrogens with zero attached hydrogens (tertiary/aromatic N) is 1. The SMILES string of the molecule is NCC(C(=O)Nc1ccc(-c2cn[nH]c2)cc1)c1ccccc1.O.O. The highest BCUT2D eigenvalue weighted by Gasteiger charge is 2.18. The zero-order valence-corrected chi connectivity index (χ0v) is 13.6. The number of hydrogen-bond acceptors (Lipinski definition) is 3. The molecular weight excluding hydrogens is 320 g/mol. The van der Waals surface area contributed by atoms with Gasteiger partial charge in [-0.05, 0) is 23.3 Å². The van der Waals surface area contributed by atoms with E-state index >= 15 is 0 Å². The zero-order valence-electron chi connectivity index (χ0n) is 13.6. The largest absolute Gasteiger partial charge is 0.412 e. The molecule has 0 saturated carbocycles. The predicted octanol–water partition coefficient (Wildman–Crippen LogP) is 1.11. The summed E-state index contributed by atoms with van der Waals surface area (Å²) in [7, 11) is 0. The molecule has 0 bridgehead atoms. The van der Waals surface area contributed by atoms with Gasteiger partial charge in [-0.15, -0.1) is 0 Å². The highest BCUT2D eigenvalue weighted by molar-refractivity contribution is 5.96. The van der Waals surface area contributed by atoms with Crippen LogP contribution in [0.5, 0.6) is 0 Å². The number of aromatic amines is 1. The fraction of sp³-hybridized carbons (Fsp3) is 0.111. The summed E-state index contributed by atoms with van der Waals surface area (Å²) in [6.07, 6.45) is 3.58. The molecule has 7 heteroatoms. The maximum Gasteiger partial charge on any atom is 0.233 e. The van der Waals surface area contributed by atoms with Gasteiger partial charge in [0.05, 0.1) is 12.1 Å². The van der Waals surface area contributed by atoms with Gasteiger partial charge >= 0.3 is 0 Å². The number of carbonyl (C=O) groups is 1. The summed E-state index contributed by atoms with van der Waals surface area (Å²) in [6, 6.07) is 17.2. The molecule has 0 saturated heterocycles. The van der Waals surface area contributed by atoms with Crippen molar-refractivity contribution in [3.05, 3.63) is 72.6 Å². The molecule has 8 N–H and O–H groups in total. The lowest BCUT2D eigenvalue weighted by atomic mass is 9.98. The Balaban J connectivity index is 0.00000156. The molecule has 7 nitrogen and oxygen atoms in total. The first-order valence-electron chi connectivity index (χ1n) is 7.43. The van der Waals surface area contributed by atoms with Gasteiger partial charge in [-0.1, -0.05) is 42.5 Å². The van der Waals surface area contributed by atoms with E-state index < -0.39 is 0 Å². The number of amides is 1. The van der Waals surface area contributed by atoms with E-state index in [0.29, 0.717) is 0 Å². The molecule has 0 aliphatic heterocycles. The summed E-state index contributed by atoms with van der Waals surface area (Å²) < 4.78 is 0.